The van der Waals surface area contributed by atoms with Crippen LogP contribution in [0.4, 0.5) is 10.7 Å². The molecule has 0 spiro atoms. The largest absolute Gasteiger partial charge is 0.465 e. The highest BCUT2D eigenvalue weighted by molar-refractivity contribution is 8.00. The SMILES string of the molecule is COC(=O)c1c(NC(=O)COC(=O)c2ccc3c(c2)NC(=O)CS3)sc2c1CCC2. The van der Waals surface area contributed by atoms with Gasteiger partial charge in [-0.15, -0.1) is 23.1 Å². The van der Waals surface area contributed by atoms with E-state index in [1.165, 1.54) is 36.3 Å². The van der Waals surface area contributed by atoms with E-state index >= 15 is 0 Å². The predicted molar refractivity (Wildman–Crippen MR) is 112 cm³/mol. The Hall–Kier alpha value is -2.85. The molecule has 2 N–H and O–H groups in total. The molecule has 0 saturated heterocycles. The van der Waals surface area contributed by atoms with Crippen molar-refractivity contribution in [1.82, 2.24) is 0 Å². The summed E-state index contributed by atoms with van der Waals surface area (Å²) in [5, 5.41) is 5.78. The molecule has 156 valence electrons. The number of carbonyl (C=O) groups is 4. The maximum absolute atomic E-state index is 12.3. The molecule has 30 heavy (non-hydrogen) atoms. The van der Waals surface area contributed by atoms with Crippen molar-refractivity contribution in [3.8, 4) is 0 Å². The summed E-state index contributed by atoms with van der Waals surface area (Å²) in [6, 6.07) is 4.84. The minimum absolute atomic E-state index is 0.137. The van der Waals surface area contributed by atoms with Gasteiger partial charge >= 0.3 is 11.9 Å². The van der Waals surface area contributed by atoms with Crippen LogP contribution in [0.5, 0.6) is 0 Å². The lowest BCUT2D eigenvalue weighted by Crippen LogP contribution is -2.22. The van der Waals surface area contributed by atoms with Gasteiger partial charge in [-0.25, -0.2) is 9.59 Å². The number of carbonyl (C=O) groups excluding carboxylic acids is 4. The van der Waals surface area contributed by atoms with E-state index in [0.29, 0.717) is 22.0 Å². The minimum Gasteiger partial charge on any atom is -0.465 e. The number of anilines is 2. The molecule has 1 aliphatic carbocycles. The molecule has 10 heteroatoms. The number of esters is 2. The molecule has 0 saturated carbocycles. The Balaban J connectivity index is 1.40. The van der Waals surface area contributed by atoms with Crippen LogP contribution in [0.15, 0.2) is 23.1 Å². The Kier molecular flexibility index (Phi) is 5.78. The first-order valence-electron chi connectivity index (χ1n) is 9.22. The third-order valence-electron chi connectivity index (χ3n) is 4.75. The van der Waals surface area contributed by atoms with Gasteiger partial charge in [0.1, 0.15) is 5.00 Å². The van der Waals surface area contributed by atoms with Gasteiger partial charge in [-0.05, 0) is 43.0 Å². The smallest absolute Gasteiger partial charge is 0.341 e. The minimum atomic E-state index is -0.681. The van der Waals surface area contributed by atoms with E-state index in [1.54, 1.807) is 12.1 Å². The number of rotatable bonds is 5. The third-order valence-corrected chi connectivity index (χ3v) is 7.03. The van der Waals surface area contributed by atoms with Crippen molar-refractivity contribution >= 4 is 57.5 Å². The molecular weight excluding hydrogens is 428 g/mol. The lowest BCUT2D eigenvalue weighted by Gasteiger charge is -2.16. The van der Waals surface area contributed by atoms with Crippen molar-refractivity contribution in [3.63, 3.8) is 0 Å². The Morgan fingerprint density at radius 1 is 1.20 bits per heavy atom. The molecule has 0 atom stereocenters. The molecule has 2 heterocycles. The molecule has 2 aromatic rings. The van der Waals surface area contributed by atoms with Crippen molar-refractivity contribution in [2.45, 2.75) is 24.2 Å². The summed E-state index contributed by atoms with van der Waals surface area (Å²) in [5.41, 5.74) is 2.09. The summed E-state index contributed by atoms with van der Waals surface area (Å²) in [7, 11) is 1.30. The van der Waals surface area contributed by atoms with Crippen LogP contribution in [0.1, 0.15) is 37.6 Å². The van der Waals surface area contributed by atoms with Crippen molar-refractivity contribution < 1.29 is 28.7 Å². The second-order valence-electron chi connectivity index (χ2n) is 6.73. The molecule has 0 fully saturated rings. The molecule has 1 aliphatic heterocycles. The van der Waals surface area contributed by atoms with E-state index in [2.05, 4.69) is 10.6 Å². The normalized spacial score (nSPS) is 14.4. The predicted octanol–water partition coefficient (Wildman–Crippen LogP) is 2.86. The van der Waals surface area contributed by atoms with Crippen LogP contribution in [0, 0.1) is 0 Å². The number of methoxy groups -OCH3 is 1. The van der Waals surface area contributed by atoms with E-state index < -0.39 is 24.5 Å². The number of nitrogens with one attached hydrogen (secondary N) is 2. The van der Waals surface area contributed by atoms with Gasteiger partial charge in [0, 0.05) is 9.77 Å². The van der Waals surface area contributed by atoms with Crippen LogP contribution >= 0.6 is 23.1 Å². The van der Waals surface area contributed by atoms with Crippen LogP contribution in [0.2, 0.25) is 0 Å². The second kappa shape index (κ2) is 8.49. The highest BCUT2D eigenvalue weighted by atomic mass is 32.2. The van der Waals surface area contributed by atoms with Crippen LogP contribution in [-0.2, 0) is 31.9 Å². The number of hydrogen-bond donors (Lipinski definition) is 2. The van der Waals surface area contributed by atoms with E-state index in [-0.39, 0.29) is 11.5 Å². The highest BCUT2D eigenvalue weighted by Crippen LogP contribution is 2.39. The van der Waals surface area contributed by atoms with Gasteiger partial charge in [-0.3, -0.25) is 9.59 Å². The van der Waals surface area contributed by atoms with Crippen molar-refractivity contribution in [2.24, 2.45) is 0 Å². The number of thiophene rings is 1. The lowest BCUT2D eigenvalue weighted by molar-refractivity contribution is -0.119. The molecule has 8 nitrogen and oxygen atoms in total. The van der Waals surface area contributed by atoms with Crippen molar-refractivity contribution in [3.05, 3.63) is 39.8 Å². The lowest BCUT2D eigenvalue weighted by atomic mass is 10.1. The summed E-state index contributed by atoms with van der Waals surface area (Å²) >= 11 is 2.74. The monoisotopic (exact) mass is 446 g/mol. The molecular formula is C20H18N2O6S2. The zero-order valence-electron chi connectivity index (χ0n) is 16.0. The fourth-order valence-electron chi connectivity index (χ4n) is 3.40. The maximum Gasteiger partial charge on any atom is 0.341 e. The number of thioether (sulfide) groups is 1. The fourth-order valence-corrected chi connectivity index (χ4v) is 5.48. The Bertz CT molecular complexity index is 1060. The van der Waals surface area contributed by atoms with E-state index in [9.17, 15) is 19.2 Å². The molecule has 1 aromatic heterocycles. The number of aryl methyl sites for hydroxylation is 1. The summed E-state index contributed by atoms with van der Waals surface area (Å²) in [6.45, 7) is -0.500. The molecule has 0 bridgehead atoms. The van der Waals surface area contributed by atoms with Crippen LogP contribution in [0.3, 0.4) is 0 Å². The van der Waals surface area contributed by atoms with Gasteiger partial charge in [0.25, 0.3) is 5.91 Å². The Morgan fingerprint density at radius 3 is 2.83 bits per heavy atom. The zero-order chi connectivity index (χ0) is 21.3. The number of amides is 2. The highest BCUT2D eigenvalue weighted by Gasteiger charge is 2.28. The summed E-state index contributed by atoms with van der Waals surface area (Å²) in [6.07, 6.45) is 2.60. The van der Waals surface area contributed by atoms with Crippen molar-refractivity contribution in [1.29, 1.82) is 0 Å². The summed E-state index contributed by atoms with van der Waals surface area (Å²) in [4.78, 5) is 50.2. The van der Waals surface area contributed by atoms with E-state index in [0.717, 1.165) is 34.6 Å². The van der Waals surface area contributed by atoms with Gasteiger partial charge in [0.2, 0.25) is 5.91 Å². The van der Waals surface area contributed by atoms with Crippen LogP contribution < -0.4 is 10.6 Å². The average Bonchev–Trinajstić information content (AvgIpc) is 3.31. The molecule has 2 amide bonds. The molecule has 2 aliphatic rings. The maximum atomic E-state index is 12.3. The molecule has 0 radical (unpaired) electrons. The van der Waals surface area contributed by atoms with Crippen molar-refractivity contribution in [2.75, 3.05) is 30.1 Å². The van der Waals surface area contributed by atoms with E-state index in [4.69, 9.17) is 9.47 Å². The second-order valence-corrected chi connectivity index (χ2v) is 8.85. The van der Waals surface area contributed by atoms with Crippen LogP contribution in [0.25, 0.3) is 0 Å². The zero-order valence-corrected chi connectivity index (χ0v) is 17.7. The number of ether oxygens (including phenoxy) is 2. The number of benzene rings is 1. The Morgan fingerprint density at radius 2 is 2.03 bits per heavy atom. The average molecular weight is 447 g/mol. The van der Waals surface area contributed by atoms with Crippen LogP contribution in [-0.4, -0.2) is 43.2 Å². The molecule has 4 rings (SSSR count). The summed E-state index contributed by atoms with van der Waals surface area (Å²) < 4.78 is 9.95. The van der Waals surface area contributed by atoms with Gasteiger partial charge in [0.05, 0.1) is 29.7 Å². The van der Waals surface area contributed by atoms with Gasteiger partial charge in [-0.1, -0.05) is 0 Å². The third kappa shape index (κ3) is 4.05. The number of fused-ring (bicyclic) bond motifs is 2. The first-order chi connectivity index (χ1) is 14.5. The topological polar surface area (TPSA) is 111 Å². The molecule has 1 aromatic carbocycles. The first kappa shape index (κ1) is 20.4. The van der Waals surface area contributed by atoms with Gasteiger partial charge in [0.15, 0.2) is 6.61 Å². The van der Waals surface area contributed by atoms with Gasteiger partial charge < -0.3 is 20.1 Å². The van der Waals surface area contributed by atoms with E-state index in [1.807, 2.05) is 0 Å². The first-order valence-corrected chi connectivity index (χ1v) is 11.0. The standard InChI is InChI=1S/C20H18N2O6S2/c1-27-20(26)17-11-3-2-4-13(11)30-18(17)22-15(23)8-28-19(25)10-5-6-14-12(7-10)21-16(24)9-29-14/h5-7H,2-4,8-9H2,1H3,(H,21,24)(H,22,23). The fraction of sp³-hybridized carbons (Fsp3) is 0.300. The summed E-state index contributed by atoms with van der Waals surface area (Å²) in [5.74, 6) is -1.52. The Labute approximate surface area is 180 Å². The molecule has 0 unspecified atom stereocenters. The van der Waals surface area contributed by atoms with Gasteiger partial charge in [-0.2, -0.15) is 0 Å². The quantitative estimate of drug-likeness (QED) is 0.680. The number of hydrogen-bond acceptors (Lipinski definition) is 8.